The number of amides is 3. The van der Waals surface area contributed by atoms with Crippen molar-refractivity contribution in [2.24, 2.45) is 0 Å². The van der Waals surface area contributed by atoms with Gasteiger partial charge in [0.15, 0.2) is 5.71 Å². The predicted octanol–water partition coefficient (Wildman–Crippen LogP) is 10.1. The standard InChI is InChI=1S/C85H108N6O30S6/c1-58-49-60(57-88-82(94)121-83(2,3)4)51-78(89-58)120-64-19-12-18-63(52-64)81(93)87-30-34-114-36-38-116-40-42-118-44-46-119-45-43-117-41-39-115-37-35-113-33-29-86-77(92)20-10-9-15-59-16-11-17-62(50-59)61(21-27-75-84(5,6)79-69-53-65(124(101,102)103)55-73(126(107,108)109)67(69)23-25-71(79)90(75)31-13-47-122(95,96)97)22-28-76-85(7,8)80-70-54-66(125(104,105)106)56-74(127(110,111)112)68(70)24-26-72(80)91(76)32-14-48-123(98,99)100/h11-12,16-19,21-28,49-56H,9-10,13-15,20,29-48,57H2,1-8H3,(H8-,86,87,88,92,93,94,95,96,97,98,99,100,101,102,103,104,105,106,107,108,109,110,111,112)/p+1. The van der Waals surface area contributed by atoms with Crippen LogP contribution in [0.1, 0.15) is 124 Å². The molecule has 3 amide bonds. The third-order valence-corrected chi connectivity index (χ3v) is 25.3. The molecule has 694 valence electrons. The number of aryl methyl sites for hydroxylation is 2. The van der Waals surface area contributed by atoms with E-state index in [2.05, 4.69) is 20.9 Å². The number of nitrogens with one attached hydrogen (secondary N) is 3. The molecule has 42 heteroatoms. The second-order valence-electron chi connectivity index (χ2n) is 31.8. The normalized spacial score (nSPS) is 14.8. The summed E-state index contributed by atoms with van der Waals surface area (Å²) >= 11 is 0. The number of pyridine rings is 1. The Labute approximate surface area is 739 Å². The number of hydrogen-bond acceptors (Lipinski definition) is 26. The molecule has 36 nitrogen and oxygen atoms in total. The molecule has 0 aliphatic carbocycles. The Hall–Kier alpha value is -9.13. The summed E-state index contributed by atoms with van der Waals surface area (Å²) in [6, 6.07) is 26.5. The van der Waals surface area contributed by atoms with Gasteiger partial charge in [-0.15, -0.1) is 0 Å². The fraction of sp³-hybridized carbons (Fsp3) is 0.447. The summed E-state index contributed by atoms with van der Waals surface area (Å²) in [6.07, 6.45) is 7.52. The Kier molecular flexibility index (Phi) is 35.6. The summed E-state index contributed by atoms with van der Waals surface area (Å²) in [6.45, 7) is 19.0. The van der Waals surface area contributed by atoms with E-state index in [0.29, 0.717) is 161 Å². The van der Waals surface area contributed by atoms with Crippen molar-refractivity contribution in [1.82, 2.24) is 20.9 Å². The van der Waals surface area contributed by atoms with Gasteiger partial charge in [0.05, 0.1) is 119 Å². The van der Waals surface area contributed by atoms with Crippen LogP contribution < -0.4 is 25.6 Å². The van der Waals surface area contributed by atoms with Crippen LogP contribution in [0.25, 0.3) is 27.1 Å². The monoisotopic (exact) mass is 1890 g/mol. The first-order chi connectivity index (χ1) is 59.6. The van der Waals surface area contributed by atoms with E-state index in [0.717, 1.165) is 23.3 Å². The highest BCUT2D eigenvalue weighted by atomic mass is 32.2. The fourth-order valence-electron chi connectivity index (χ4n) is 14.7. The van der Waals surface area contributed by atoms with Gasteiger partial charge in [-0.25, -0.2) is 9.78 Å². The quantitative estimate of drug-likeness (QED) is 0.00740. The van der Waals surface area contributed by atoms with Crippen LogP contribution >= 0.6 is 0 Å². The number of benzene rings is 6. The van der Waals surface area contributed by atoms with E-state index in [-0.39, 0.29) is 116 Å². The number of allylic oxidation sites excluding steroid dienone is 6. The Morgan fingerprint density at radius 3 is 1.58 bits per heavy atom. The zero-order valence-electron chi connectivity index (χ0n) is 71.6. The Morgan fingerprint density at radius 1 is 0.520 bits per heavy atom. The summed E-state index contributed by atoms with van der Waals surface area (Å²) in [5, 5.41) is 8.09. The number of unbranched alkanes of at least 4 members (excludes halogenated alkanes) is 1. The van der Waals surface area contributed by atoms with Gasteiger partial charge in [-0.2, -0.15) is 55.1 Å². The van der Waals surface area contributed by atoms with Crippen molar-refractivity contribution >= 4 is 123 Å². The maximum atomic E-state index is 13.0. The third kappa shape index (κ3) is 30.2. The number of nitrogens with zero attached hydrogens (tertiary/aromatic N) is 3. The number of fused-ring (bicyclic) bond motifs is 6. The average Bonchev–Trinajstić information content (AvgIpc) is 1.57. The summed E-state index contributed by atoms with van der Waals surface area (Å²) in [5.41, 5.74) is 2.46. The predicted molar refractivity (Wildman–Crippen MR) is 471 cm³/mol. The minimum atomic E-state index is -5.17. The van der Waals surface area contributed by atoms with Crippen LogP contribution in [0.15, 0.2) is 159 Å². The lowest BCUT2D eigenvalue weighted by atomic mass is 9.78. The van der Waals surface area contributed by atoms with Crippen molar-refractivity contribution in [1.29, 1.82) is 0 Å². The van der Waals surface area contributed by atoms with Crippen LogP contribution in [-0.4, -0.2) is 247 Å². The summed E-state index contributed by atoms with van der Waals surface area (Å²) in [7, 11) is -29.7. The van der Waals surface area contributed by atoms with Crippen molar-refractivity contribution < 1.29 is 139 Å². The number of anilines is 1. The minimum absolute atomic E-state index is 0.0275. The number of aromatic nitrogens is 1. The first-order valence-corrected chi connectivity index (χ1v) is 49.5. The molecule has 0 spiro atoms. The van der Waals surface area contributed by atoms with Crippen molar-refractivity contribution in [3.63, 3.8) is 0 Å². The Bertz CT molecular complexity index is 6010. The van der Waals surface area contributed by atoms with E-state index in [4.69, 9.17) is 42.6 Å². The number of carbonyl (C=O) groups excluding carboxylic acids is 3. The molecule has 0 saturated heterocycles. The molecule has 0 saturated carbocycles. The summed E-state index contributed by atoms with van der Waals surface area (Å²) < 4.78 is 265. The molecule has 0 bridgehead atoms. The van der Waals surface area contributed by atoms with Gasteiger partial charge in [0.2, 0.25) is 17.5 Å². The molecule has 9 rings (SSSR count). The van der Waals surface area contributed by atoms with Crippen molar-refractivity contribution in [3.8, 4) is 11.6 Å². The molecule has 2 aliphatic heterocycles. The first kappa shape index (κ1) is 102. The number of hydrogen-bond donors (Lipinski definition) is 9. The number of rotatable bonds is 50. The van der Waals surface area contributed by atoms with Crippen molar-refractivity contribution in [3.05, 3.63) is 178 Å². The number of carbonyl (C=O) groups is 3. The second-order valence-corrected chi connectivity index (χ2v) is 40.6. The highest BCUT2D eigenvalue weighted by molar-refractivity contribution is 7.87. The fourth-order valence-corrected chi connectivity index (χ4v) is 18.4. The molecule has 9 N–H and O–H groups in total. The number of alkyl carbamates (subject to hydrolysis) is 1. The highest BCUT2D eigenvalue weighted by Gasteiger charge is 2.47. The van der Waals surface area contributed by atoms with E-state index in [1.54, 1.807) is 125 Å². The van der Waals surface area contributed by atoms with E-state index < -0.39 is 114 Å². The lowest BCUT2D eigenvalue weighted by molar-refractivity contribution is -0.437. The zero-order chi connectivity index (χ0) is 92.9. The van der Waals surface area contributed by atoms with E-state index in [1.807, 2.05) is 25.1 Å². The van der Waals surface area contributed by atoms with Gasteiger partial charge in [0.1, 0.15) is 27.7 Å². The van der Waals surface area contributed by atoms with Crippen molar-refractivity contribution in [2.75, 3.05) is 135 Å². The van der Waals surface area contributed by atoms with Gasteiger partial charge in [0.25, 0.3) is 66.6 Å². The molecule has 127 heavy (non-hydrogen) atoms. The lowest BCUT2D eigenvalue weighted by Gasteiger charge is -2.27. The summed E-state index contributed by atoms with van der Waals surface area (Å²) in [5.74, 6) is -1.21. The molecular formula is C85H109N6O30S6+. The molecule has 3 heterocycles. The molecule has 0 unspecified atom stereocenters. The zero-order valence-corrected chi connectivity index (χ0v) is 76.5. The molecule has 7 aromatic rings. The van der Waals surface area contributed by atoms with Crippen molar-refractivity contribution in [2.45, 2.75) is 136 Å². The van der Waals surface area contributed by atoms with E-state index in [1.165, 1.54) is 24.3 Å². The minimum Gasteiger partial charge on any atom is -0.444 e. The van der Waals surface area contributed by atoms with Crippen LogP contribution in [0.4, 0.5) is 16.2 Å². The van der Waals surface area contributed by atoms with Crippen LogP contribution in [-0.2, 0) is 127 Å². The maximum absolute atomic E-state index is 13.0. The molecule has 2 aliphatic rings. The van der Waals surface area contributed by atoms with Gasteiger partial charge in [-0.1, -0.05) is 56.3 Å². The highest BCUT2D eigenvalue weighted by Crippen LogP contribution is 2.53. The van der Waals surface area contributed by atoms with Gasteiger partial charge < -0.3 is 63.5 Å². The van der Waals surface area contributed by atoms with Gasteiger partial charge in [-0.05, 0) is 179 Å². The van der Waals surface area contributed by atoms with E-state index >= 15 is 0 Å². The van der Waals surface area contributed by atoms with Gasteiger partial charge in [-0.3, -0.25) is 36.9 Å². The van der Waals surface area contributed by atoms with Gasteiger partial charge in [0, 0.05) is 102 Å². The molecule has 1 aromatic heterocycles. The first-order valence-electron chi connectivity index (χ1n) is 40.6. The van der Waals surface area contributed by atoms with Gasteiger partial charge >= 0.3 is 6.09 Å². The Balaban J connectivity index is 0.729. The Morgan fingerprint density at radius 2 is 1.04 bits per heavy atom. The lowest BCUT2D eigenvalue weighted by Crippen LogP contribution is -2.32. The number of ether oxygens (including phenoxy) is 9. The molecule has 0 radical (unpaired) electrons. The molecular weight excluding hydrogens is 1780 g/mol. The van der Waals surface area contributed by atoms with E-state index in [9.17, 15) is 92.2 Å². The topological polar surface area (TPSA) is 516 Å². The van der Waals surface area contributed by atoms with Crippen LogP contribution in [0.3, 0.4) is 0 Å². The maximum Gasteiger partial charge on any atom is 0.407 e. The molecule has 6 aromatic carbocycles. The van der Waals surface area contributed by atoms with Crippen LogP contribution in [0.2, 0.25) is 0 Å². The largest absolute Gasteiger partial charge is 0.444 e. The average molecular weight is 1890 g/mol. The van der Waals surface area contributed by atoms with Crippen LogP contribution in [0.5, 0.6) is 11.6 Å². The second kappa shape index (κ2) is 44.5. The third-order valence-electron chi connectivity index (χ3n) is 20.2. The van der Waals surface area contributed by atoms with Crippen LogP contribution in [0, 0.1) is 6.92 Å². The summed E-state index contributed by atoms with van der Waals surface area (Å²) in [4.78, 5) is 40.7. The SMILES string of the molecule is Cc1cc(CNC(=O)OC(C)(C)C)cc(Oc2cccc(C(=O)NCCOCCOCCOCCOCCOCCOCCOCCNC(=O)CCCCc3cccc(C(C=CC4=[N+](CCCS(=O)(=O)O)c5ccc6c(S(=O)(=O)O)cc(S(=O)(=O)O)cc6c5C4(C)C)=CC=C4N(CCCS(=O)(=O)O)c5ccc6c(S(=O)(=O)O)cc(S(=O)(=O)O)cc6c5C4(C)C)c3)c2)n1. The molecule has 0 fully saturated rings. The smallest absolute Gasteiger partial charge is 0.407 e. The molecule has 0 atom stereocenters.